The third kappa shape index (κ3) is 4.43. The van der Waals surface area contributed by atoms with Gasteiger partial charge in [0.25, 0.3) is 0 Å². The fourth-order valence-corrected chi connectivity index (χ4v) is 4.68. The van der Waals surface area contributed by atoms with Crippen LogP contribution in [-0.4, -0.2) is 47.1 Å². The van der Waals surface area contributed by atoms with E-state index in [4.69, 9.17) is 4.98 Å². The number of pyridine rings is 1. The Morgan fingerprint density at radius 1 is 1.00 bits per heavy atom. The van der Waals surface area contributed by atoms with Crippen LogP contribution in [0, 0.1) is 6.92 Å². The molecule has 0 spiro atoms. The Morgan fingerprint density at radius 2 is 1.67 bits per heavy atom. The third-order valence-corrected chi connectivity index (χ3v) is 6.65. The summed E-state index contributed by atoms with van der Waals surface area (Å²) >= 11 is 2.29. The molecule has 0 radical (unpaired) electrons. The van der Waals surface area contributed by atoms with Crippen LogP contribution in [0.25, 0.3) is 22.2 Å². The molecule has 1 saturated heterocycles. The maximum Gasteiger partial charge on any atom is 0.150 e. The molecule has 0 saturated carbocycles. The van der Waals surface area contributed by atoms with Gasteiger partial charge >= 0.3 is 0 Å². The predicted octanol–water partition coefficient (Wildman–Crippen LogP) is 5.64. The van der Waals surface area contributed by atoms with Crippen LogP contribution in [0.1, 0.15) is 19.4 Å². The summed E-state index contributed by atoms with van der Waals surface area (Å²) < 4.78 is 2.12. The Hall–Kier alpha value is -1.25. The number of aryl methyl sites for hydroxylation is 1. The van der Waals surface area contributed by atoms with Gasteiger partial charge in [0.2, 0.25) is 0 Å². The number of anilines is 1. The van der Waals surface area contributed by atoms with Gasteiger partial charge in [-0.15, -0.1) is 0 Å². The zero-order chi connectivity index (χ0) is 19.4. The molecule has 1 aliphatic heterocycles. The van der Waals surface area contributed by atoms with E-state index in [-0.39, 0.29) is 0 Å². The number of rotatable bonds is 3. The van der Waals surface area contributed by atoms with Crippen molar-refractivity contribution in [1.82, 2.24) is 13.9 Å². The van der Waals surface area contributed by atoms with Gasteiger partial charge < -0.3 is 9.80 Å². The fraction of sp³-hybridized carbons (Fsp3) is 0.381. The molecule has 0 unspecified atom stereocenters. The zero-order valence-corrected chi connectivity index (χ0v) is 19.4. The highest BCUT2D eigenvalue weighted by Crippen LogP contribution is 2.30. The van der Waals surface area contributed by atoms with Crippen molar-refractivity contribution in [3.63, 3.8) is 0 Å². The molecule has 6 heteroatoms. The summed E-state index contributed by atoms with van der Waals surface area (Å²) in [5, 5.41) is 1.23. The normalized spacial score (nSPS) is 14.9. The van der Waals surface area contributed by atoms with Crippen LogP contribution in [0.15, 0.2) is 42.7 Å². The lowest BCUT2D eigenvalue weighted by Crippen LogP contribution is -2.44. The van der Waals surface area contributed by atoms with Crippen molar-refractivity contribution in [2.75, 3.05) is 38.1 Å². The van der Waals surface area contributed by atoms with Gasteiger partial charge in [-0.2, -0.15) is 0 Å². The van der Waals surface area contributed by atoms with Gasteiger partial charge in [-0.25, -0.2) is 4.98 Å². The maximum absolute atomic E-state index is 4.69. The number of piperazine rings is 1. The van der Waals surface area contributed by atoms with Gasteiger partial charge in [-0.05, 0) is 43.3 Å². The van der Waals surface area contributed by atoms with E-state index in [1.165, 1.54) is 27.8 Å². The van der Waals surface area contributed by atoms with Crippen LogP contribution < -0.4 is 4.90 Å². The lowest BCUT2D eigenvalue weighted by atomic mass is 10.1. The lowest BCUT2D eigenvalue weighted by molar-refractivity contribution is 0.313. The quantitative estimate of drug-likeness (QED) is 0.440. The second-order valence-corrected chi connectivity index (χ2v) is 8.35. The molecule has 0 amide bonds. The average Bonchev–Trinajstić information content (AvgIpc) is 3.05. The molecule has 0 aliphatic carbocycles. The minimum absolute atomic E-state index is 1.04. The van der Waals surface area contributed by atoms with E-state index >= 15 is 0 Å². The van der Waals surface area contributed by atoms with Crippen LogP contribution in [-0.2, 0) is 0 Å². The van der Waals surface area contributed by atoms with Crippen molar-refractivity contribution < 1.29 is 0 Å². The number of likely N-dealkylation sites (N-methyl/N-ethyl adjacent to an activating group) is 1. The number of hydrogen-bond acceptors (Lipinski definition) is 4. The molecule has 0 bridgehead atoms. The number of fused-ring (bicyclic) bond motifs is 1. The number of aromatic nitrogens is 2. The Bertz CT molecular complexity index is 883. The molecular formula is C21H27IN4S. The Morgan fingerprint density at radius 3 is 2.30 bits per heavy atom. The number of hydrogen-bond donors (Lipinski definition) is 0. The van der Waals surface area contributed by atoms with Crippen molar-refractivity contribution in [2.45, 2.75) is 20.8 Å². The van der Waals surface area contributed by atoms with E-state index in [2.05, 4.69) is 85.5 Å². The van der Waals surface area contributed by atoms with E-state index in [9.17, 15) is 0 Å². The highest BCUT2D eigenvalue weighted by Gasteiger charge is 2.14. The van der Waals surface area contributed by atoms with Crippen LogP contribution in [0.2, 0.25) is 0 Å². The lowest BCUT2D eigenvalue weighted by Gasteiger charge is -2.34. The van der Waals surface area contributed by atoms with Gasteiger partial charge in [-0.3, -0.25) is 3.97 Å². The van der Waals surface area contributed by atoms with Gasteiger partial charge in [0.05, 0.1) is 0 Å². The largest absolute Gasteiger partial charge is 0.369 e. The SMILES string of the molecule is CC.Cc1cn(SI)c2ncc(-c3ccc(N4CCN(C)CC4)cc3)cc12. The Labute approximate surface area is 178 Å². The fourth-order valence-electron chi connectivity index (χ4n) is 3.37. The van der Waals surface area contributed by atoms with E-state index in [0.29, 0.717) is 0 Å². The first-order chi connectivity index (χ1) is 13.2. The van der Waals surface area contributed by atoms with Crippen LogP contribution in [0.3, 0.4) is 0 Å². The van der Waals surface area contributed by atoms with Crippen molar-refractivity contribution in [3.05, 3.63) is 48.3 Å². The number of halogens is 1. The van der Waals surface area contributed by atoms with Crippen LogP contribution >= 0.6 is 30.3 Å². The first kappa shape index (κ1) is 20.5. The summed E-state index contributed by atoms with van der Waals surface area (Å²) in [7, 11) is 3.84. The average molecular weight is 494 g/mol. The highest BCUT2D eigenvalue weighted by molar-refractivity contribution is 14.2. The van der Waals surface area contributed by atoms with E-state index in [0.717, 1.165) is 31.8 Å². The van der Waals surface area contributed by atoms with Gasteiger partial charge in [0.15, 0.2) is 5.65 Å². The summed E-state index contributed by atoms with van der Waals surface area (Å²) in [6, 6.07) is 11.2. The Kier molecular flexibility index (Phi) is 7.05. The van der Waals surface area contributed by atoms with E-state index < -0.39 is 0 Å². The molecule has 3 aromatic rings. The van der Waals surface area contributed by atoms with Gasteiger partial charge in [0, 0.05) is 85.5 Å². The summed E-state index contributed by atoms with van der Waals surface area (Å²) in [5.41, 5.74) is 6.02. The van der Waals surface area contributed by atoms with Crippen molar-refractivity contribution in [2.24, 2.45) is 0 Å². The first-order valence-corrected chi connectivity index (χ1v) is 12.8. The van der Waals surface area contributed by atoms with Gasteiger partial charge in [0.1, 0.15) is 0 Å². The summed E-state index contributed by atoms with van der Waals surface area (Å²) in [5.74, 6) is 0. The second-order valence-electron chi connectivity index (χ2n) is 6.64. The maximum atomic E-state index is 4.69. The standard InChI is InChI=1S/C19H21IN4S.C2H6/c1-14-13-24(25-20)19-18(14)11-16(12-21-19)15-3-5-17(6-4-15)23-9-7-22(2)8-10-23;1-2/h3-6,11-13H,7-10H2,1-2H3;1-2H3. The molecule has 3 heterocycles. The van der Waals surface area contributed by atoms with Crippen LogP contribution in [0.5, 0.6) is 0 Å². The van der Waals surface area contributed by atoms with E-state index in [1.54, 1.807) is 9.12 Å². The monoisotopic (exact) mass is 494 g/mol. The van der Waals surface area contributed by atoms with Gasteiger partial charge in [-0.1, -0.05) is 26.0 Å². The minimum atomic E-state index is 1.04. The smallest absolute Gasteiger partial charge is 0.150 e. The Balaban J connectivity index is 0.00000102. The molecule has 1 aliphatic rings. The number of benzene rings is 1. The molecule has 2 aromatic heterocycles. The molecule has 0 atom stereocenters. The molecular weight excluding hydrogens is 467 g/mol. The van der Waals surface area contributed by atoms with Crippen LogP contribution in [0.4, 0.5) is 5.69 Å². The molecule has 4 nitrogen and oxygen atoms in total. The number of nitrogens with zero attached hydrogens (tertiary/aromatic N) is 4. The summed E-state index contributed by atoms with van der Waals surface area (Å²) in [4.78, 5) is 9.54. The summed E-state index contributed by atoms with van der Waals surface area (Å²) in [6.45, 7) is 10.6. The molecule has 0 N–H and O–H groups in total. The topological polar surface area (TPSA) is 24.3 Å². The third-order valence-electron chi connectivity index (χ3n) is 4.95. The van der Waals surface area contributed by atoms with Crippen molar-refractivity contribution in [1.29, 1.82) is 0 Å². The molecule has 27 heavy (non-hydrogen) atoms. The first-order valence-electron chi connectivity index (χ1n) is 9.46. The molecule has 4 rings (SSSR count). The van der Waals surface area contributed by atoms with E-state index in [1.807, 2.05) is 20.0 Å². The van der Waals surface area contributed by atoms with Crippen molar-refractivity contribution in [3.8, 4) is 11.1 Å². The molecule has 144 valence electrons. The second kappa shape index (κ2) is 9.30. The predicted molar refractivity (Wildman–Crippen MR) is 128 cm³/mol. The van der Waals surface area contributed by atoms with Crippen molar-refractivity contribution >= 4 is 47.0 Å². The molecule has 1 fully saturated rings. The zero-order valence-electron chi connectivity index (χ0n) is 16.4. The molecule has 1 aromatic carbocycles. The highest BCUT2D eigenvalue weighted by atomic mass is 127. The summed E-state index contributed by atoms with van der Waals surface area (Å²) in [6.07, 6.45) is 4.13. The minimum Gasteiger partial charge on any atom is -0.369 e.